The number of fused-ring (bicyclic) bond motifs is 3. The van der Waals surface area contributed by atoms with Gasteiger partial charge in [0.15, 0.2) is 0 Å². The lowest BCUT2D eigenvalue weighted by atomic mass is 10.1. The molecule has 1 heterocycles. The summed E-state index contributed by atoms with van der Waals surface area (Å²) in [4.78, 5) is 2.21. The molecule has 0 radical (unpaired) electrons. The Bertz CT molecular complexity index is 1080. The maximum Gasteiger partial charge on any atom is 0.101 e. The summed E-state index contributed by atoms with van der Waals surface area (Å²) in [6, 6.07) is 23.2. The Hall–Kier alpha value is -2.83. The Morgan fingerprint density at radius 3 is 2.25 bits per heavy atom. The molecule has 1 aromatic heterocycles. The second kappa shape index (κ2) is 5.67. The highest BCUT2D eigenvalue weighted by molar-refractivity contribution is 7.26. The number of benzene rings is 3. The molecule has 2 nitrogen and oxygen atoms in total. The van der Waals surface area contributed by atoms with E-state index in [1.165, 1.54) is 21.3 Å². The van der Waals surface area contributed by atoms with Gasteiger partial charge in [0.25, 0.3) is 0 Å². The van der Waals surface area contributed by atoms with Gasteiger partial charge in [0, 0.05) is 23.5 Å². The van der Waals surface area contributed by atoms with Crippen molar-refractivity contribution in [1.82, 2.24) is 0 Å². The predicted octanol–water partition coefficient (Wildman–Crippen LogP) is 6.00. The Kier molecular flexibility index (Phi) is 3.48. The van der Waals surface area contributed by atoms with Crippen molar-refractivity contribution in [3.63, 3.8) is 0 Å². The van der Waals surface area contributed by atoms with E-state index in [1.54, 1.807) is 11.3 Å². The zero-order chi connectivity index (χ0) is 16.7. The third-order valence-corrected chi connectivity index (χ3v) is 5.68. The standard InChI is InChI=1S/C21H16N2S/c1-14-9-11-16(12-10-14)23(2)19-8-4-7-18-17-6-3-5-15(13-22)20(17)24-21(18)19/h3-12H,1-2H3. The highest BCUT2D eigenvalue weighted by Crippen LogP contribution is 2.41. The van der Waals surface area contributed by atoms with Crippen LogP contribution in [0.25, 0.3) is 20.2 Å². The first kappa shape index (κ1) is 14.7. The van der Waals surface area contributed by atoms with Crippen LogP contribution in [0.1, 0.15) is 11.1 Å². The monoisotopic (exact) mass is 328 g/mol. The van der Waals surface area contributed by atoms with Gasteiger partial charge >= 0.3 is 0 Å². The number of aryl methyl sites for hydroxylation is 1. The number of thiophene rings is 1. The number of anilines is 2. The van der Waals surface area contributed by atoms with Crippen molar-refractivity contribution in [2.24, 2.45) is 0 Å². The van der Waals surface area contributed by atoms with Crippen LogP contribution in [-0.2, 0) is 0 Å². The average Bonchev–Trinajstić information content (AvgIpc) is 3.00. The Morgan fingerprint density at radius 2 is 1.54 bits per heavy atom. The van der Waals surface area contributed by atoms with Crippen LogP contribution in [0.15, 0.2) is 60.7 Å². The lowest BCUT2D eigenvalue weighted by Gasteiger charge is -2.20. The van der Waals surface area contributed by atoms with Crippen LogP contribution in [0.2, 0.25) is 0 Å². The van der Waals surface area contributed by atoms with Crippen LogP contribution in [-0.4, -0.2) is 7.05 Å². The molecule has 0 aliphatic rings. The minimum atomic E-state index is 0.748. The molecule has 0 aliphatic carbocycles. The predicted molar refractivity (Wildman–Crippen MR) is 103 cm³/mol. The first-order valence-electron chi connectivity index (χ1n) is 7.84. The molecule has 0 fully saturated rings. The second-order valence-corrected chi connectivity index (χ2v) is 6.97. The molecular weight excluding hydrogens is 312 g/mol. The molecule has 3 heteroatoms. The molecule has 0 amide bonds. The van der Waals surface area contributed by atoms with Gasteiger partial charge in [-0.05, 0) is 31.2 Å². The summed E-state index contributed by atoms with van der Waals surface area (Å²) in [5, 5.41) is 11.8. The zero-order valence-corrected chi connectivity index (χ0v) is 14.4. The SMILES string of the molecule is Cc1ccc(N(C)c2cccc3c2sc2c(C#N)cccc23)cc1. The molecule has 0 spiro atoms. The van der Waals surface area contributed by atoms with E-state index in [9.17, 15) is 5.26 Å². The molecule has 0 atom stereocenters. The van der Waals surface area contributed by atoms with Crippen LogP contribution >= 0.6 is 11.3 Å². The van der Waals surface area contributed by atoms with Gasteiger partial charge in [-0.15, -0.1) is 11.3 Å². The molecular formula is C21H16N2S. The van der Waals surface area contributed by atoms with E-state index in [1.807, 2.05) is 12.1 Å². The van der Waals surface area contributed by atoms with Crippen LogP contribution in [0.3, 0.4) is 0 Å². The van der Waals surface area contributed by atoms with Crippen LogP contribution in [0, 0.1) is 18.3 Å². The highest BCUT2D eigenvalue weighted by Gasteiger charge is 2.14. The van der Waals surface area contributed by atoms with Crippen molar-refractivity contribution < 1.29 is 0 Å². The van der Waals surface area contributed by atoms with Gasteiger partial charge in [0.2, 0.25) is 0 Å². The van der Waals surface area contributed by atoms with E-state index < -0.39 is 0 Å². The Labute approximate surface area is 145 Å². The Morgan fingerprint density at radius 1 is 0.875 bits per heavy atom. The summed E-state index contributed by atoms with van der Waals surface area (Å²) in [6.07, 6.45) is 0. The zero-order valence-electron chi connectivity index (χ0n) is 13.6. The van der Waals surface area contributed by atoms with Gasteiger partial charge < -0.3 is 4.90 Å². The summed E-state index contributed by atoms with van der Waals surface area (Å²) >= 11 is 1.70. The van der Waals surface area contributed by atoms with E-state index in [0.717, 1.165) is 21.3 Å². The van der Waals surface area contributed by atoms with Gasteiger partial charge in [0.05, 0.1) is 20.7 Å². The van der Waals surface area contributed by atoms with Gasteiger partial charge in [0.1, 0.15) is 6.07 Å². The van der Waals surface area contributed by atoms with E-state index in [4.69, 9.17) is 0 Å². The number of hydrogen-bond acceptors (Lipinski definition) is 3. The lowest BCUT2D eigenvalue weighted by Crippen LogP contribution is -2.09. The highest BCUT2D eigenvalue weighted by atomic mass is 32.1. The molecule has 0 aliphatic heterocycles. The maximum atomic E-state index is 9.39. The van der Waals surface area contributed by atoms with E-state index in [2.05, 4.69) is 73.5 Å². The van der Waals surface area contributed by atoms with Crippen molar-refractivity contribution in [3.05, 3.63) is 71.8 Å². The molecule has 4 rings (SSSR count). The van der Waals surface area contributed by atoms with Crippen LogP contribution in [0.4, 0.5) is 11.4 Å². The minimum Gasteiger partial charge on any atom is -0.343 e. The maximum absolute atomic E-state index is 9.39. The molecule has 116 valence electrons. The largest absolute Gasteiger partial charge is 0.343 e. The fourth-order valence-corrected chi connectivity index (χ4v) is 4.38. The number of nitriles is 1. The van der Waals surface area contributed by atoms with Gasteiger partial charge in [-0.2, -0.15) is 5.26 Å². The fraction of sp³-hybridized carbons (Fsp3) is 0.0952. The quantitative estimate of drug-likeness (QED) is 0.451. The normalized spacial score (nSPS) is 10.9. The van der Waals surface area contributed by atoms with E-state index >= 15 is 0 Å². The second-order valence-electron chi connectivity index (χ2n) is 5.94. The van der Waals surface area contributed by atoms with Crippen molar-refractivity contribution in [2.75, 3.05) is 11.9 Å². The summed E-state index contributed by atoms with van der Waals surface area (Å²) < 4.78 is 2.29. The first-order valence-corrected chi connectivity index (χ1v) is 8.65. The van der Waals surface area contributed by atoms with Crippen molar-refractivity contribution in [3.8, 4) is 6.07 Å². The minimum absolute atomic E-state index is 0.748. The smallest absolute Gasteiger partial charge is 0.101 e. The molecule has 0 saturated carbocycles. The van der Waals surface area contributed by atoms with Crippen LogP contribution in [0.5, 0.6) is 0 Å². The van der Waals surface area contributed by atoms with Gasteiger partial charge in [-0.1, -0.05) is 42.0 Å². The fourth-order valence-electron chi connectivity index (χ4n) is 3.06. The number of rotatable bonds is 2. The Balaban J connectivity index is 1.96. The van der Waals surface area contributed by atoms with Crippen molar-refractivity contribution >= 4 is 42.9 Å². The molecule has 0 N–H and O–H groups in total. The van der Waals surface area contributed by atoms with E-state index in [-0.39, 0.29) is 0 Å². The average molecular weight is 328 g/mol. The third-order valence-electron chi connectivity index (χ3n) is 4.41. The van der Waals surface area contributed by atoms with Crippen molar-refractivity contribution in [1.29, 1.82) is 5.26 Å². The summed E-state index contributed by atoms with van der Waals surface area (Å²) in [7, 11) is 2.09. The van der Waals surface area contributed by atoms with Crippen LogP contribution < -0.4 is 4.90 Å². The van der Waals surface area contributed by atoms with E-state index in [0.29, 0.717) is 0 Å². The molecule has 0 bridgehead atoms. The molecule has 3 aromatic carbocycles. The summed E-state index contributed by atoms with van der Waals surface area (Å²) in [6.45, 7) is 2.10. The molecule has 0 saturated heterocycles. The topological polar surface area (TPSA) is 27.0 Å². The summed E-state index contributed by atoms with van der Waals surface area (Å²) in [5.74, 6) is 0. The third kappa shape index (κ3) is 2.24. The number of nitrogens with zero attached hydrogens (tertiary/aromatic N) is 2. The summed E-state index contributed by atoms with van der Waals surface area (Å²) in [5.41, 5.74) is 4.33. The number of hydrogen-bond donors (Lipinski definition) is 0. The molecule has 4 aromatic rings. The lowest BCUT2D eigenvalue weighted by molar-refractivity contribution is 1.22. The van der Waals surface area contributed by atoms with Gasteiger partial charge in [-0.3, -0.25) is 0 Å². The van der Waals surface area contributed by atoms with Gasteiger partial charge in [-0.25, -0.2) is 0 Å². The van der Waals surface area contributed by atoms with Crippen molar-refractivity contribution in [2.45, 2.75) is 6.92 Å². The first-order chi connectivity index (χ1) is 11.7. The molecule has 0 unspecified atom stereocenters. The molecule has 24 heavy (non-hydrogen) atoms.